The van der Waals surface area contributed by atoms with Gasteiger partial charge in [-0.15, -0.1) is 0 Å². The average molecular weight is 544 g/mol. The molecule has 39 heavy (non-hydrogen) atoms. The van der Waals surface area contributed by atoms with Crippen LogP contribution in [0.15, 0.2) is 0 Å². The third kappa shape index (κ3) is 6.58. The van der Waals surface area contributed by atoms with Crippen molar-refractivity contribution in [2.24, 2.45) is 22.7 Å². The lowest BCUT2D eigenvalue weighted by Gasteiger charge is -2.58. The SMILES string of the molecule is CC(C)(CC(C)(C)C1CN(C2CCN(C(C)(C)C)CC2)C1)C1CCN(C2CN(C3CN(C(C)(C)C)C3)C2)CC1. The maximum absolute atomic E-state index is 2.85. The van der Waals surface area contributed by atoms with Gasteiger partial charge in [0.1, 0.15) is 0 Å². The van der Waals surface area contributed by atoms with Gasteiger partial charge in [0.25, 0.3) is 0 Å². The monoisotopic (exact) mass is 544 g/mol. The fourth-order valence-electron chi connectivity index (χ4n) is 8.97. The normalized spacial score (nSPS) is 28.5. The standard InChI is InChI=1S/C34H65N5/c1-31(2,3)38-17-13-28(14-18-38)36-19-27(20-36)34(9,10)25-33(7,8)26-11-15-35(16-12-26)29-21-37(22-29)30-23-39(24-30)32(4,5)6/h26-30H,11-25H2,1-10H3. The van der Waals surface area contributed by atoms with Crippen LogP contribution in [0.1, 0.15) is 101 Å². The fraction of sp³-hybridized carbons (Fsp3) is 1.00. The van der Waals surface area contributed by atoms with E-state index in [9.17, 15) is 0 Å². The number of hydrogen-bond acceptors (Lipinski definition) is 5. The summed E-state index contributed by atoms with van der Waals surface area (Å²) in [5.41, 5.74) is 1.56. The summed E-state index contributed by atoms with van der Waals surface area (Å²) in [6.07, 6.45) is 6.93. The Bertz CT molecular complexity index is 804. The molecule has 0 aromatic rings. The summed E-state index contributed by atoms with van der Waals surface area (Å²) in [6.45, 7) is 37.7. The highest BCUT2D eigenvalue weighted by Gasteiger charge is 2.47. The minimum absolute atomic E-state index is 0.328. The third-order valence-corrected chi connectivity index (χ3v) is 12.2. The highest BCUT2D eigenvalue weighted by atomic mass is 15.4. The Morgan fingerprint density at radius 1 is 0.436 bits per heavy atom. The van der Waals surface area contributed by atoms with Gasteiger partial charge in [-0.3, -0.25) is 24.5 Å². The van der Waals surface area contributed by atoms with Crippen molar-refractivity contribution in [2.45, 2.75) is 131 Å². The van der Waals surface area contributed by atoms with Crippen LogP contribution in [0.4, 0.5) is 0 Å². The molecule has 5 saturated heterocycles. The van der Waals surface area contributed by atoms with Gasteiger partial charge < -0.3 is 0 Å². The molecule has 0 aromatic carbocycles. The Morgan fingerprint density at radius 2 is 0.897 bits per heavy atom. The van der Waals surface area contributed by atoms with Gasteiger partial charge >= 0.3 is 0 Å². The van der Waals surface area contributed by atoms with Crippen molar-refractivity contribution in [2.75, 3.05) is 65.4 Å². The number of rotatable bonds is 7. The average Bonchev–Trinajstić information content (AvgIpc) is 2.71. The van der Waals surface area contributed by atoms with Crippen LogP contribution in [0, 0.1) is 22.7 Å². The van der Waals surface area contributed by atoms with Crippen LogP contribution >= 0.6 is 0 Å². The molecule has 0 N–H and O–H groups in total. The molecule has 5 heterocycles. The zero-order chi connectivity index (χ0) is 28.4. The molecule has 5 aliphatic rings. The van der Waals surface area contributed by atoms with Crippen molar-refractivity contribution in [1.82, 2.24) is 24.5 Å². The summed E-state index contributed by atoms with van der Waals surface area (Å²) < 4.78 is 0. The molecule has 5 nitrogen and oxygen atoms in total. The van der Waals surface area contributed by atoms with E-state index in [1.54, 1.807) is 0 Å². The first-order chi connectivity index (χ1) is 18.0. The molecule has 0 spiro atoms. The van der Waals surface area contributed by atoms with Gasteiger partial charge in [0.05, 0.1) is 0 Å². The first-order valence-electron chi connectivity index (χ1n) is 16.8. The summed E-state index contributed by atoms with van der Waals surface area (Å²) in [7, 11) is 0. The van der Waals surface area contributed by atoms with E-state index >= 15 is 0 Å². The highest BCUT2D eigenvalue weighted by Crippen LogP contribution is 2.49. The second kappa shape index (κ2) is 10.8. The quantitative estimate of drug-likeness (QED) is 0.420. The maximum atomic E-state index is 2.85. The van der Waals surface area contributed by atoms with Crippen LogP contribution in [-0.4, -0.2) is 119 Å². The summed E-state index contributed by atoms with van der Waals surface area (Å²) in [6, 6.07) is 2.47. The number of hydrogen-bond donors (Lipinski definition) is 0. The lowest BCUT2D eigenvalue weighted by Crippen LogP contribution is -2.72. The molecule has 0 radical (unpaired) electrons. The highest BCUT2D eigenvalue weighted by molar-refractivity contribution is 5.02. The van der Waals surface area contributed by atoms with Crippen molar-refractivity contribution in [1.29, 1.82) is 0 Å². The van der Waals surface area contributed by atoms with Gasteiger partial charge in [-0.05, 0) is 109 Å². The smallest absolute Gasteiger partial charge is 0.0352 e. The van der Waals surface area contributed by atoms with Crippen molar-refractivity contribution in [3.8, 4) is 0 Å². The van der Waals surface area contributed by atoms with Crippen LogP contribution in [0.3, 0.4) is 0 Å². The molecular weight excluding hydrogens is 478 g/mol. The summed E-state index contributed by atoms with van der Waals surface area (Å²) in [4.78, 5) is 13.8. The number of piperidine rings is 2. The van der Waals surface area contributed by atoms with E-state index in [4.69, 9.17) is 0 Å². The van der Waals surface area contributed by atoms with Crippen molar-refractivity contribution in [3.63, 3.8) is 0 Å². The molecule has 5 fully saturated rings. The molecule has 5 aliphatic heterocycles. The second-order valence-electron chi connectivity index (χ2n) is 17.8. The van der Waals surface area contributed by atoms with Gasteiger partial charge in [-0.25, -0.2) is 0 Å². The Labute approximate surface area is 243 Å². The zero-order valence-electron chi connectivity index (χ0n) is 27.7. The molecule has 0 unspecified atom stereocenters. The molecule has 226 valence electrons. The van der Waals surface area contributed by atoms with Crippen LogP contribution < -0.4 is 0 Å². The van der Waals surface area contributed by atoms with Crippen LogP contribution in [-0.2, 0) is 0 Å². The van der Waals surface area contributed by atoms with Gasteiger partial charge in [-0.1, -0.05) is 27.7 Å². The van der Waals surface area contributed by atoms with Gasteiger partial charge in [0.2, 0.25) is 0 Å². The molecule has 0 bridgehead atoms. The molecule has 0 atom stereocenters. The first kappa shape index (κ1) is 30.3. The minimum atomic E-state index is 0.328. The molecule has 5 heteroatoms. The predicted octanol–water partition coefficient (Wildman–Crippen LogP) is 5.50. The van der Waals surface area contributed by atoms with E-state index in [0.717, 1.165) is 30.0 Å². The van der Waals surface area contributed by atoms with Crippen molar-refractivity contribution < 1.29 is 0 Å². The van der Waals surface area contributed by atoms with E-state index in [2.05, 4.69) is 93.7 Å². The largest absolute Gasteiger partial charge is 0.300 e. The Kier molecular flexibility index (Phi) is 8.39. The third-order valence-electron chi connectivity index (χ3n) is 12.2. The van der Waals surface area contributed by atoms with Gasteiger partial charge in [-0.2, -0.15) is 0 Å². The van der Waals surface area contributed by atoms with Crippen LogP contribution in [0.2, 0.25) is 0 Å². The number of nitrogens with zero attached hydrogens (tertiary/aromatic N) is 5. The zero-order valence-corrected chi connectivity index (χ0v) is 27.7. The molecule has 0 aliphatic carbocycles. The van der Waals surface area contributed by atoms with Crippen molar-refractivity contribution in [3.05, 3.63) is 0 Å². The van der Waals surface area contributed by atoms with Gasteiger partial charge in [0, 0.05) is 81.6 Å². The Balaban J connectivity index is 1.01. The Morgan fingerprint density at radius 3 is 1.41 bits per heavy atom. The van der Waals surface area contributed by atoms with Crippen LogP contribution in [0.25, 0.3) is 0 Å². The topological polar surface area (TPSA) is 16.2 Å². The summed E-state index contributed by atoms with van der Waals surface area (Å²) >= 11 is 0. The first-order valence-corrected chi connectivity index (χ1v) is 16.8. The second-order valence-corrected chi connectivity index (χ2v) is 17.8. The Hall–Kier alpha value is -0.200. The summed E-state index contributed by atoms with van der Waals surface area (Å²) in [5.74, 6) is 1.76. The van der Waals surface area contributed by atoms with E-state index in [1.807, 2.05) is 0 Å². The lowest BCUT2D eigenvalue weighted by molar-refractivity contribution is -0.0866. The summed E-state index contributed by atoms with van der Waals surface area (Å²) in [5, 5.41) is 0. The molecule has 0 saturated carbocycles. The maximum Gasteiger partial charge on any atom is 0.0352 e. The molecule has 0 amide bonds. The van der Waals surface area contributed by atoms with E-state index < -0.39 is 0 Å². The van der Waals surface area contributed by atoms with E-state index in [1.165, 1.54) is 97.6 Å². The molecule has 0 aromatic heterocycles. The molecular formula is C34H65N5. The van der Waals surface area contributed by atoms with Gasteiger partial charge in [0.15, 0.2) is 0 Å². The predicted molar refractivity (Wildman–Crippen MR) is 166 cm³/mol. The minimum Gasteiger partial charge on any atom is -0.300 e. The van der Waals surface area contributed by atoms with E-state index in [0.29, 0.717) is 21.9 Å². The van der Waals surface area contributed by atoms with E-state index in [-0.39, 0.29) is 0 Å². The fourth-order valence-corrected chi connectivity index (χ4v) is 8.97. The van der Waals surface area contributed by atoms with Crippen LogP contribution in [0.5, 0.6) is 0 Å². The van der Waals surface area contributed by atoms with Crippen molar-refractivity contribution >= 4 is 0 Å². The number of likely N-dealkylation sites (tertiary alicyclic amines) is 5. The molecule has 5 rings (SSSR count). The lowest BCUT2D eigenvalue weighted by atomic mass is 9.60.